The Kier molecular flexibility index (Phi) is 8.56. The number of carbonyl (C=O) groups is 1. The van der Waals surface area contributed by atoms with Crippen LogP contribution in [0.2, 0.25) is 10.0 Å². The number of ether oxygens (including phenoxy) is 3. The van der Waals surface area contributed by atoms with Gasteiger partial charge < -0.3 is 24.0 Å². The summed E-state index contributed by atoms with van der Waals surface area (Å²) in [5, 5.41) is 0.721. The Morgan fingerprint density at radius 2 is 1.41 bits per heavy atom. The lowest BCUT2D eigenvalue weighted by atomic mass is 10.0. The molecule has 0 atom stereocenters. The fourth-order valence-corrected chi connectivity index (χ4v) is 6.99. The molecule has 1 saturated heterocycles. The largest absolute Gasteiger partial charge is 0.495 e. The van der Waals surface area contributed by atoms with Crippen molar-refractivity contribution in [2.45, 2.75) is 17.9 Å². The van der Waals surface area contributed by atoms with E-state index >= 15 is 0 Å². The van der Waals surface area contributed by atoms with E-state index in [1.54, 1.807) is 62.6 Å². The van der Waals surface area contributed by atoms with Crippen LogP contribution in [-0.4, -0.2) is 77.6 Å². The molecule has 3 aromatic carbocycles. The molecule has 2 heterocycles. The van der Waals surface area contributed by atoms with Gasteiger partial charge >= 0.3 is 0 Å². The first-order valence-electron chi connectivity index (χ1n) is 13.1. The van der Waals surface area contributed by atoms with E-state index in [-0.39, 0.29) is 17.3 Å². The summed E-state index contributed by atoms with van der Waals surface area (Å²) in [5.74, 6) is 1.62. The van der Waals surface area contributed by atoms with Crippen LogP contribution in [0, 0.1) is 0 Å². The summed E-state index contributed by atoms with van der Waals surface area (Å²) in [5.41, 5.74) is 3.06. The van der Waals surface area contributed by atoms with Crippen molar-refractivity contribution < 1.29 is 27.4 Å². The van der Waals surface area contributed by atoms with E-state index in [0.717, 1.165) is 11.1 Å². The number of benzene rings is 3. The van der Waals surface area contributed by atoms with Crippen molar-refractivity contribution in [3.63, 3.8) is 0 Å². The molecule has 2 aliphatic rings. The van der Waals surface area contributed by atoms with Crippen LogP contribution < -0.4 is 19.1 Å². The van der Waals surface area contributed by atoms with Gasteiger partial charge in [0.15, 0.2) is 11.5 Å². The van der Waals surface area contributed by atoms with Crippen LogP contribution in [0.1, 0.15) is 21.5 Å². The quantitative estimate of drug-likeness (QED) is 0.378. The highest BCUT2D eigenvalue weighted by Crippen LogP contribution is 2.37. The number of anilines is 1. The molecule has 41 heavy (non-hydrogen) atoms. The molecule has 0 aliphatic carbocycles. The van der Waals surface area contributed by atoms with Crippen molar-refractivity contribution in [2.75, 3.05) is 59.0 Å². The summed E-state index contributed by atoms with van der Waals surface area (Å²) in [7, 11) is 0.894. The summed E-state index contributed by atoms with van der Waals surface area (Å²) in [6.07, 6.45) is 0.562. The average Bonchev–Trinajstić information content (AvgIpc) is 3.00. The Balaban J connectivity index is 1.34. The molecule has 2 aliphatic heterocycles. The summed E-state index contributed by atoms with van der Waals surface area (Å²) in [4.78, 5) is 17.0. The third-order valence-electron chi connectivity index (χ3n) is 7.55. The second-order valence-corrected chi connectivity index (χ2v) is 12.6. The average molecular weight is 621 g/mol. The van der Waals surface area contributed by atoms with Crippen molar-refractivity contribution >= 4 is 44.8 Å². The normalized spacial score (nSPS) is 15.8. The minimum absolute atomic E-state index is 0.133. The highest BCUT2D eigenvalue weighted by molar-refractivity contribution is 7.89. The second kappa shape index (κ2) is 12.0. The van der Waals surface area contributed by atoms with E-state index in [0.29, 0.717) is 77.7 Å². The number of halogens is 2. The minimum Gasteiger partial charge on any atom is -0.495 e. The van der Waals surface area contributed by atoms with Gasteiger partial charge in [0.2, 0.25) is 10.0 Å². The van der Waals surface area contributed by atoms with Crippen molar-refractivity contribution in [3.8, 4) is 17.2 Å². The molecule has 0 aromatic heterocycles. The lowest BCUT2D eigenvalue weighted by molar-refractivity contribution is 0.0746. The first-order chi connectivity index (χ1) is 19.7. The zero-order chi connectivity index (χ0) is 29.3. The van der Waals surface area contributed by atoms with Crippen LogP contribution in [0.5, 0.6) is 17.2 Å². The highest BCUT2D eigenvalue weighted by Gasteiger charge is 2.31. The third-order valence-corrected chi connectivity index (χ3v) is 10.1. The van der Waals surface area contributed by atoms with Crippen LogP contribution in [0.4, 0.5) is 5.69 Å². The van der Waals surface area contributed by atoms with Gasteiger partial charge in [-0.1, -0.05) is 23.2 Å². The summed E-state index contributed by atoms with van der Waals surface area (Å²) in [6, 6.07) is 13.5. The second-order valence-electron chi connectivity index (χ2n) is 9.81. The zero-order valence-electron chi connectivity index (χ0n) is 23.0. The molecule has 0 N–H and O–H groups in total. The number of hydrogen-bond donors (Lipinski definition) is 0. The van der Waals surface area contributed by atoms with Crippen LogP contribution in [-0.2, 0) is 23.0 Å². The first kappa shape index (κ1) is 29.3. The van der Waals surface area contributed by atoms with Gasteiger partial charge in [-0.25, -0.2) is 8.42 Å². The number of amides is 1. The van der Waals surface area contributed by atoms with Crippen LogP contribution in [0.15, 0.2) is 53.4 Å². The summed E-state index contributed by atoms with van der Waals surface area (Å²) in [6.45, 7) is 2.49. The Labute approximate surface area is 250 Å². The maximum Gasteiger partial charge on any atom is 0.254 e. The molecule has 0 spiro atoms. The molecule has 3 aromatic rings. The number of hydrogen-bond acceptors (Lipinski definition) is 7. The number of nitrogens with zero attached hydrogens (tertiary/aromatic N) is 3. The molecule has 218 valence electrons. The third kappa shape index (κ3) is 5.79. The number of piperazine rings is 1. The standard InChI is InChI=1S/C29H31Cl2N3O6S/c1-38-26-7-5-22(41(36,37)34-9-8-19-15-27(39-2)28(40-3)16-21(19)18-34)17-25(26)32-10-12-33(13-11-32)29(35)20-4-6-23(30)24(31)14-20/h4-7,14-17H,8-13,18H2,1-3H3. The Hall–Kier alpha value is -3.18. The molecular weight excluding hydrogens is 589 g/mol. The summed E-state index contributed by atoms with van der Waals surface area (Å²) < 4.78 is 45.5. The minimum atomic E-state index is -3.80. The van der Waals surface area contributed by atoms with Gasteiger partial charge in [0.05, 0.1) is 42.0 Å². The fourth-order valence-electron chi connectivity index (χ4n) is 5.25. The molecule has 5 rings (SSSR count). The highest BCUT2D eigenvalue weighted by atomic mass is 35.5. The Morgan fingerprint density at radius 1 is 0.756 bits per heavy atom. The van der Waals surface area contributed by atoms with Crippen LogP contribution in [0.3, 0.4) is 0 Å². The van der Waals surface area contributed by atoms with Gasteiger partial charge in [0.25, 0.3) is 5.91 Å². The van der Waals surface area contributed by atoms with Gasteiger partial charge in [0, 0.05) is 44.8 Å². The maximum atomic E-state index is 13.8. The molecule has 1 fully saturated rings. The Morgan fingerprint density at radius 3 is 2.05 bits per heavy atom. The fraction of sp³-hybridized carbons (Fsp3) is 0.345. The van der Waals surface area contributed by atoms with Crippen molar-refractivity contribution in [1.82, 2.24) is 9.21 Å². The molecule has 0 bridgehead atoms. The predicted molar refractivity (Wildman–Crippen MR) is 158 cm³/mol. The molecule has 0 unspecified atom stereocenters. The molecule has 0 saturated carbocycles. The SMILES string of the molecule is COc1cc2c(cc1OC)CN(S(=O)(=O)c1ccc(OC)c(N3CCN(C(=O)c4ccc(Cl)c(Cl)c4)CC3)c1)CC2. The number of sulfonamides is 1. The van der Waals surface area contributed by atoms with E-state index < -0.39 is 10.0 Å². The van der Waals surface area contributed by atoms with Gasteiger partial charge in [-0.05, 0) is 66.1 Å². The summed E-state index contributed by atoms with van der Waals surface area (Å²) >= 11 is 12.1. The van der Waals surface area contributed by atoms with Crippen LogP contribution in [0.25, 0.3) is 0 Å². The van der Waals surface area contributed by atoms with E-state index in [4.69, 9.17) is 37.4 Å². The lowest BCUT2D eigenvalue weighted by Crippen LogP contribution is -2.49. The van der Waals surface area contributed by atoms with Crippen molar-refractivity contribution in [1.29, 1.82) is 0 Å². The molecule has 0 radical (unpaired) electrons. The van der Waals surface area contributed by atoms with E-state index in [9.17, 15) is 13.2 Å². The van der Waals surface area contributed by atoms with E-state index in [1.165, 1.54) is 4.31 Å². The number of carbonyl (C=O) groups excluding carboxylic acids is 1. The molecule has 12 heteroatoms. The molecule has 9 nitrogen and oxygen atoms in total. The van der Waals surface area contributed by atoms with Crippen molar-refractivity contribution in [3.05, 3.63) is 75.3 Å². The van der Waals surface area contributed by atoms with Crippen molar-refractivity contribution in [2.24, 2.45) is 0 Å². The first-order valence-corrected chi connectivity index (χ1v) is 15.3. The van der Waals surface area contributed by atoms with E-state index in [2.05, 4.69) is 0 Å². The maximum absolute atomic E-state index is 13.8. The number of rotatable bonds is 7. The lowest BCUT2D eigenvalue weighted by Gasteiger charge is -2.37. The monoisotopic (exact) mass is 619 g/mol. The number of fused-ring (bicyclic) bond motifs is 1. The smallest absolute Gasteiger partial charge is 0.254 e. The zero-order valence-corrected chi connectivity index (χ0v) is 25.4. The van der Waals surface area contributed by atoms with Gasteiger partial charge in [0.1, 0.15) is 5.75 Å². The van der Waals surface area contributed by atoms with Gasteiger partial charge in [-0.15, -0.1) is 0 Å². The number of methoxy groups -OCH3 is 3. The van der Waals surface area contributed by atoms with E-state index in [1.807, 2.05) is 17.0 Å². The molecule has 1 amide bonds. The van der Waals surface area contributed by atoms with Gasteiger partial charge in [-0.3, -0.25) is 4.79 Å². The molecular formula is C29H31Cl2N3O6S. The Bertz CT molecular complexity index is 1570. The predicted octanol–water partition coefficient (Wildman–Crippen LogP) is 4.73. The van der Waals surface area contributed by atoms with Crippen LogP contribution >= 0.6 is 23.2 Å². The van der Waals surface area contributed by atoms with Gasteiger partial charge in [-0.2, -0.15) is 4.31 Å². The topological polar surface area (TPSA) is 88.6 Å².